The second-order valence-electron chi connectivity index (χ2n) is 4.60. The summed E-state index contributed by atoms with van der Waals surface area (Å²) in [4.78, 5) is 17.5. The van der Waals surface area contributed by atoms with Crippen LogP contribution in [-0.2, 0) is 0 Å². The average Bonchev–Trinajstić information content (AvgIpc) is 3.07. The standard InChI is InChI=1S/C14H16N2O/c1-2-16(12-4-5-12)14(17)11-3-6-13-10(9-11)7-8-15-13/h3,6-9,12,15H,2,4-5H2,1H3. The Morgan fingerprint density at radius 2 is 2.24 bits per heavy atom. The van der Waals surface area contributed by atoms with Gasteiger partial charge in [0, 0.05) is 35.2 Å². The van der Waals surface area contributed by atoms with E-state index < -0.39 is 0 Å². The molecular weight excluding hydrogens is 212 g/mol. The molecule has 88 valence electrons. The van der Waals surface area contributed by atoms with Crippen molar-refractivity contribution in [1.82, 2.24) is 9.88 Å². The quantitative estimate of drug-likeness (QED) is 0.861. The summed E-state index contributed by atoms with van der Waals surface area (Å²) in [5.41, 5.74) is 1.88. The number of nitrogens with one attached hydrogen (secondary N) is 1. The van der Waals surface area contributed by atoms with Crippen molar-refractivity contribution < 1.29 is 4.79 Å². The van der Waals surface area contributed by atoms with Gasteiger partial charge in [-0.15, -0.1) is 0 Å². The molecule has 2 aromatic rings. The van der Waals surface area contributed by atoms with E-state index in [1.165, 1.54) is 0 Å². The summed E-state index contributed by atoms with van der Waals surface area (Å²) in [6, 6.07) is 8.34. The summed E-state index contributed by atoms with van der Waals surface area (Å²) < 4.78 is 0. The molecule has 1 aromatic heterocycles. The number of aromatic amines is 1. The van der Waals surface area contributed by atoms with Crippen molar-refractivity contribution in [3.05, 3.63) is 36.0 Å². The zero-order valence-electron chi connectivity index (χ0n) is 9.94. The molecule has 0 saturated heterocycles. The molecule has 0 aliphatic heterocycles. The van der Waals surface area contributed by atoms with Gasteiger partial charge in [-0.1, -0.05) is 0 Å². The first kappa shape index (κ1) is 10.4. The molecule has 0 spiro atoms. The molecule has 1 fully saturated rings. The lowest BCUT2D eigenvalue weighted by Gasteiger charge is -2.20. The smallest absolute Gasteiger partial charge is 0.254 e. The number of nitrogens with zero attached hydrogens (tertiary/aromatic N) is 1. The largest absolute Gasteiger partial charge is 0.361 e. The molecule has 3 rings (SSSR count). The number of benzene rings is 1. The minimum atomic E-state index is 0.165. The number of aromatic nitrogens is 1. The Kier molecular flexibility index (Phi) is 2.39. The number of rotatable bonds is 3. The maximum atomic E-state index is 12.3. The topological polar surface area (TPSA) is 36.1 Å². The summed E-state index contributed by atoms with van der Waals surface area (Å²) in [5.74, 6) is 0.165. The van der Waals surface area contributed by atoms with Crippen molar-refractivity contribution in [2.24, 2.45) is 0 Å². The van der Waals surface area contributed by atoms with Gasteiger partial charge in [0.25, 0.3) is 5.91 Å². The van der Waals surface area contributed by atoms with Crippen molar-refractivity contribution in [2.45, 2.75) is 25.8 Å². The maximum Gasteiger partial charge on any atom is 0.254 e. The third-order valence-corrected chi connectivity index (χ3v) is 3.39. The highest BCUT2D eigenvalue weighted by Crippen LogP contribution is 2.28. The number of carbonyl (C=O) groups excluding carboxylic acids is 1. The minimum absolute atomic E-state index is 0.165. The van der Waals surface area contributed by atoms with E-state index in [4.69, 9.17) is 0 Å². The molecule has 0 unspecified atom stereocenters. The van der Waals surface area contributed by atoms with Crippen LogP contribution in [0.3, 0.4) is 0 Å². The second kappa shape index (κ2) is 3.91. The summed E-state index contributed by atoms with van der Waals surface area (Å²) in [6.07, 6.45) is 4.22. The van der Waals surface area contributed by atoms with Crippen molar-refractivity contribution in [3.63, 3.8) is 0 Å². The first-order chi connectivity index (χ1) is 8.29. The SMILES string of the molecule is CCN(C(=O)c1ccc2[nH]ccc2c1)C1CC1. The van der Waals surface area contributed by atoms with E-state index in [0.717, 1.165) is 35.9 Å². The third kappa shape index (κ3) is 1.82. The average molecular weight is 228 g/mol. The van der Waals surface area contributed by atoms with Crippen LogP contribution in [0.1, 0.15) is 30.1 Å². The van der Waals surface area contributed by atoms with Crippen LogP contribution in [0, 0.1) is 0 Å². The second-order valence-corrected chi connectivity index (χ2v) is 4.60. The highest BCUT2D eigenvalue weighted by atomic mass is 16.2. The number of hydrogen-bond donors (Lipinski definition) is 1. The van der Waals surface area contributed by atoms with Gasteiger partial charge in [-0.3, -0.25) is 4.79 Å². The van der Waals surface area contributed by atoms with Crippen LogP contribution in [0.4, 0.5) is 0 Å². The lowest BCUT2D eigenvalue weighted by atomic mass is 10.1. The predicted octanol–water partition coefficient (Wildman–Crippen LogP) is 2.79. The monoisotopic (exact) mass is 228 g/mol. The number of amides is 1. The predicted molar refractivity (Wildman–Crippen MR) is 68.0 cm³/mol. The number of H-pyrrole nitrogens is 1. The van der Waals surface area contributed by atoms with Gasteiger partial charge in [0.1, 0.15) is 0 Å². The van der Waals surface area contributed by atoms with E-state index in [0.29, 0.717) is 6.04 Å². The maximum absolute atomic E-state index is 12.3. The molecule has 0 atom stereocenters. The van der Waals surface area contributed by atoms with Crippen LogP contribution >= 0.6 is 0 Å². The normalized spacial score (nSPS) is 15.1. The Bertz CT molecular complexity index is 554. The minimum Gasteiger partial charge on any atom is -0.361 e. The van der Waals surface area contributed by atoms with Crippen molar-refractivity contribution in [3.8, 4) is 0 Å². The first-order valence-corrected chi connectivity index (χ1v) is 6.17. The summed E-state index contributed by atoms with van der Waals surface area (Å²) in [6.45, 7) is 2.85. The summed E-state index contributed by atoms with van der Waals surface area (Å²) in [7, 11) is 0. The zero-order valence-corrected chi connectivity index (χ0v) is 9.94. The summed E-state index contributed by atoms with van der Waals surface area (Å²) >= 11 is 0. The Labute approximate surface area is 100 Å². The molecule has 1 heterocycles. The van der Waals surface area contributed by atoms with Crippen molar-refractivity contribution in [1.29, 1.82) is 0 Å². The Morgan fingerprint density at radius 1 is 1.41 bits per heavy atom. The Morgan fingerprint density at radius 3 is 2.94 bits per heavy atom. The molecular formula is C14H16N2O. The fourth-order valence-electron chi connectivity index (χ4n) is 2.31. The van der Waals surface area contributed by atoms with E-state index in [1.807, 2.05) is 42.3 Å². The molecule has 1 aromatic carbocycles. The van der Waals surface area contributed by atoms with Gasteiger partial charge >= 0.3 is 0 Å². The number of hydrogen-bond acceptors (Lipinski definition) is 1. The van der Waals surface area contributed by atoms with Gasteiger partial charge < -0.3 is 9.88 Å². The number of carbonyl (C=O) groups is 1. The number of fused-ring (bicyclic) bond motifs is 1. The Hall–Kier alpha value is -1.77. The molecule has 1 saturated carbocycles. The van der Waals surface area contributed by atoms with Crippen LogP contribution < -0.4 is 0 Å². The molecule has 1 amide bonds. The Balaban J connectivity index is 1.93. The fraction of sp³-hybridized carbons (Fsp3) is 0.357. The molecule has 0 bridgehead atoms. The molecule has 3 nitrogen and oxygen atoms in total. The van der Waals surface area contributed by atoms with E-state index in [2.05, 4.69) is 4.98 Å². The van der Waals surface area contributed by atoms with Crippen LogP contribution in [0.5, 0.6) is 0 Å². The van der Waals surface area contributed by atoms with E-state index in [9.17, 15) is 4.79 Å². The highest BCUT2D eigenvalue weighted by Gasteiger charge is 2.31. The lowest BCUT2D eigenvalue weighted by molar-refractivity contribution is 0.0752. The van der Waals surface area contributed by atoms with E-state index in [1.54, 1.807) is 0 Å². The fourth-order valence-corrected chi connectivity index (χ4v) is 2.31. The van der Waals surface area contributed by atoms with Crippen molar-refractivity contribution >= 4 is 16.8 Å². The van der Waals surface area contributed by atoms with E-state index in [-0.39, 0.29) is 5.91 Å². The molecule has 17 heavy (non-hydrogen) atoms. The van der Waals surface area contributed by atoms with Crippen LogP contribution in [0.25, 0.3) is 10.9 Å². The third-order valence-electron chi connectivity index (χ3n) is 3.39. The first-order valence-electron chi connectivity index (χ1n) is 6.17. The van der Waals surface area contributed by atoms with Gasteiger partial charge in [-0.2, -0.15) is 0 Å². The molecule has 3 heteroatoms. The van der Waals surface area contributed by atoms with Gasteiger partial charge in [0.2, 0.25) is 0 Å². The lowest BCUT2D eigenvalue weighted by Crippen LogP contribution is -2.32. The zero-order chi connectivity index (χ0) is 11.8. The van der Waals surface area contributed by atoms with Crippen LogP contribution in [-0.4, -0.2) is 28.4 Å². The summed E-state index contributed by atoms with van der Waals surface area (Å²) in [5, 5.41) is 1.10. The van der Waals surface area contributed by atoms with Gasteiger partial charge in [-0.25, -0.2) is 0 Å². The molecule has 1 aliphatic rings. The molecule has 1 N–H and O–H groups in total. The molecule has 1 aliphatic carbocycles. The highest BCUT2D eigenvalue weighted by molar-refractivity contribution is 5.98. The molecule has 0 radical (unpaired) electrons. The van der Waals surface area contributed by atoms with Crippen LogP contribution in [0.2, 0.25) is 0 Å². The van der Waals surface area contributed by atoms with Crippen LogP contribution in [0.15, 0.2) is 30.5 Å². The van der Waals surface area contributed by atoms with Gasteiger partial charge in [0.15, 0.2) is 0 Å². The van der Waals surface area contributed by atoms with Gasteiger partial charge in [0.05, 0.1) is 0 Å². The van der Waals surface area contributed by atoms with Gasteiger partial charge in [-0.05, 0) is 44.0 Å². The van der Waals surface area contributed by atoms with Crippen molar-refractivity contribution in [2.75, 3.05) is 6.54 Å². The van der Waals surface area contributed by atoms with E-state index >= 15 is 0 Å².